The Morgan fingerprint density at radius 2 is 1.94 bits per heavy atom. The van der Waals surface area contributed by atoms with Gasteiger partial charge in [0.1, 0.15) is 6.10 Å². The summed E-state index contributed by atoms with van der Waals surface area (Å²) in [7, 11) is 0. The Hall–Kier alpha value is -1.36. The molecule has 5 nitrogen and oxygen atoms in total. The summed E-state index contributed by atoms with van der Waals surface area (Å²) in [4.78, 5) is 16.2. The molecule has 2 aliphatic rings. The van der Waals surface area contributed by atoms with Gasteiger partial charge in [0, 0.05) is 24.5 Å². The molecule has 0 spiro atoms. The van der Waals surface area contributed by atoms with Crippen molar-refractivity contribution < 1.29 is 4.74 Å². The molecule has 0 saturated heterocycles. The van der Waals surface area contributed by atoms with Gasteiger partial charge in [0.05, 0.1) is 0 Å². The second-order valence-corrected chi connectivity index (χ2v) is 5.33. The van der Waals surface area contributed by atoms with Crippen molar-refractivity contribution in [2.45, 2.75) is 56.7 Å². The molecular formula is C13H19N3O2. The van der Waals surface area contributed by atoms with E-state index in [2.05, 4.69) is 4.98 Å². The van der Waals surface area contributed by atoms with E-state index in [0.717, 1.165) is 38.5 Å². The van der Waals surface area contributed by atoms with Crippen LogP contribution in [0.4, 0.5) is 0 Å². The number of ether oxygens (including phenoxy) is 1. The molecule has 18 heavy (non-hydrogen) atoms. The highest BCUT2D eigenvalue weighted by Gasteiger charge is 2.27. The molecule has 2 saturated carbocycles. The normalized spacial score (nSPS) is 28.1. The lowest BCUT2D eigenvalue weighted by Crippen LogP contribution is -2.33. The summed E-state index contributed by atoms with van der Waals surface area (Å²) in [5, 5.41) is 0. The summed E-state index contributed by atoms with van der Waals surface area (Å²) < 4.78 is 7.50. The van der Waals surface area contributed by atoms with Crippen molar-refractivity contribution in [2.24, 2.45) is 5.73 Å². The molecular weight excluding hydrogens is 230 g/mol. The molecule has 0 atom stereocenters. The van der Waals surface area contributed by atoms with Crippen molar-refractivity contribution in [3.8, 4) is 5.88 Å². The minimum absolute atomic E-state index is 0.0881. The van der Waals surface area contributed by atoms with Crippen LogP contribution in [0.15, 0.2) is 17.2 Å². The SMILES string of the molecule is NC1CCC(Oc2nccn(C3CC3)c2=O)CC1. The van der Waals surface area contributed by atoms with Crippen molar-refractivity contribution in [2.75, 3.05) is 0 Å². The van der Waals surface area contributed by atoms with Crippen LogP contribution >= 0.6 is 0 Å². The van der Waals surface area contributed by atoms with E-state index in [9.17, 15) is 4.79 Å². The number of aromatic nitrogens is 2. The Kier molecular flexibility index (Phi) is 3.07. The molecule has 5 heteroatoms. The standard InChI is InChI=1S/C13H19N3O2/c14-9-1-5-11(6-2-9)18-12-13(17)16(8-7-15-12)10-3-4-10/h7-11H,1-6,14H2. The lowest BCUT2D eigenvalue weighted by Gasteiger charge is -2.26. The van der Waals surface area contributed by atoms with E-state index in [1.807, 2.05) is 0 Å². The van der Waals surface area contributed by atoms with Gasteiger partial charge in [-0.15, -0.1) is 0 Å². The zero-order chi connectivity index (χ0) is 12.5. The maximum absolute atomic E-state index is 12.1. The summed E-state index contributed by atoms with van der Waals surface area (Å²) in [6.07, 6.45) is 9.44. The van der Waals surface area contributed by atoms with Gasteiger partial charge in [-0.05, 0) is 38.5 Å². The first-order valence-electron chi connectivity index (χ1n) is 6.73. The Morgan fingerprint density at radius 1 is 1.22 bits per heavy atom. The third-order valence-electron chi connectivity index (χ3n) is 3.77. The number of hydrogen-bond acceptors (Lipinski definition) is 4. The fourth-order valence-electron chi connectivity index (χ4n) is 2.49. The molecule has 0 bridgehead atoms. The van der Waals surface area contributed by atoms with Crippen LogP contribution < -0.4 is 16.0 Å². The fourth-order valence-corrected chi connectivity index (χ4v) is 2.49. The lowest BCUT2D eigenvalue weighted by atomic mass is 9.94. The van der Waals surface area contributed by atoms with E-state index in [1.54, 1.807) is 17.0 Å². The molecule has 2 aliphatic carbocycles. The molecule has 98 valence electrons. The summed E-state index contributed by atoms with van der Waals surface area (Å²) in [5.74, 6) is 0.255. The van der Waals surface area contributed by atoms with Crippen LogP contribution in [0.5, 0.6) is 5.88 Å². The van der Waals surface area contributed by atoms with Gasteiger partial charge >= 0.3 is 5.56 Å². The van der Waals surface area contributed by atoms with Crippen molar-refractivity contribution in [3.63, 3.8) is 0 Å². The molecule has 1 heterocycles. The van der Waals surface area contributed by atoms with Crippen molar-refractivity contribution >= 4 is 0 Å². The van der Waals surface area contributed by atoms with Gasteiger partial charge in [0.15, 0.2) is 0 Å². The predicted molar refractivity (Wildman–Crippen MR) is 67.6 cm³/mol. The Labute approximate surface area is 106 Å². The van der Waals surface area contributed by atoms with Gasteiger partial charge in [-0.25, -0.2) is 4.98 Å². The molecule has 2 N–H and O–H groups in total. The van der Waals surface area contributed by atoms with Gasteiger partial charge in [-0.3, -0.25) is 4.79 Å². The lowest BCUT2D eigenvalue weighted by molar-refractivity contribution is 0.138. The van der Waals surface area contributed by atoms with Gasteiger partial charge in [-0.1, -0.05) is 0 Å². The summed E-state index contributed by atoms with van der Waals surface area (Å²) in [6, 6.07) is 0.652. The topological polar surface area (TPSA) is 70.1 Å². The third kappa shape index (κ3) is 2.41. The Balaban J connectivity index is 1.72. The summed E-state index contributed by atoms with van der Waals surface area (Å²) in [6.45, 7) is 0. The highest BCUT2D eigenvalue weighted by molar-refractivity contribution is 5.07. The molecule has 0 amide bonds. The van der Waals surface area contributed by atoms with E-state index < -0.39 is 0 Å². The molecule has 0 aliphatic heterocycles. The average molecular weight is 249 g/mol. The molecule has 3 rings (SSSR count). The Bertz CT molecular complexity index is 473. The minimum Gasteiger partial charge on any atom is -0.470 e. The Morgan fingerprint density at radius 3 is 2.61 bits per heavy atom. The maximum Gasteiger partial charge on any atom is 0.313 e. The molecule has 0 radical (unpaired) electrons. The van der Waals surface area contributed by atoms with Crippen LogP contribution in [0.1, 0.15) is 44.6 Å². The maximum atomic E-state index is 12.1. The zero-order valence-corrected chi connectivity index (χ0v) is 10.4. The van der Waals surface area contributed by atoms with Gasteiger partial charge in [-0.2, -0.15) is 0 Å². The average Bonchev–Trinajstić information content (AvgIpc) is 3.19. The molecule has 1 aromatic rings. The van der Waals surface area contributed by atoms with Crippen LogP contribution in [-0.4, -0.2) is 21.7 Å². The van der Waals surface area contributed by atoms with Crippen molar-refractivity contribution in [1.82, 2.24) is 9.55 Å². The van der Waals surface area contributed by atoms with Crippen LogP contribution in [0.25, 0.3) is 0 Å². The summed E-state index contributed by atoms with van der Waals surface area (Å²) >= 11 is 0. The van der Waals surface area contributed by atoms with E-state index >= 15 is 0 Å². The number of hydrogen-bond donors (Lipinski definition) is 1. The number of nitrogens with two attached hydrogens (primary N) is 1. The van der Waals surface area contributed by atoms with Gasteiger partial charge in [0.25, 0.3) is 5.88 Å². The molecule has 2 fully saturated rings. The predicted octanol–water partition coefficient (Wildman–Crippen LogP) is 1.23. The van der Waals surface area contributed by atoms with Crippen LogP contribution in [0.2, 0.25) is 0 Å². The first kappa shape index (κ1) is 11.7. The number of rotatable bonds is 3. The molecule has 1 aromatic heterocycles. The summed E-state index contributed by atoms with van der Waals surface area (Å²) in [5.41, 5.74) is 5.77. The van der Waals surface area contributed by atoms with Crippen LogP contribution in [0.3, 0.4) is 0 Å². The second-order valence-electron chi connectivity index (χ2n) is 5.33. The van der Waals surface area contributed by atoms with E-state index in [-0.39, 0.29) is 23.6 Å². The van der Waals surface area contributed by atoms with Gasteiger partial charge in [0.2, 0.25) is 0 Å². The molecule has 0 aromatic carbocycles. The van der Waals surface area contributed by atoms with Crippen molar-refractivity contribution in [1.29, 1.82) is 0 Å². The first-order valence-corrected chi connectivity index (χ1v) is 6.73. The number of nitrogens with zero attached hydrogens (tertiary/aromatic N) is 2. The van der Waals surface area contributed by atoms with E-state index in [1.165, 1.54) is 0 Å². The third-order valence-corrected chi connectivity index (χ3v) is 3.77. The van der Waals surface area contributed by atoms with E-state index in [0.29, 0.717) is 6.04 Å². The molecule has 0 unspecified atom stereocenters. The second kappa shape index (κ2) is 4.72. The zero-order valence-electron chi connectivity index (χ0n) is 10.4. The minimum atomic E-state index is -0.0881. The van der Waals surface area contributed by atoms with Crippen molar-refractivity contribution in [3.05, 3.63) is 22.7 Å². The highest BCUT2D eigenvalue weighted by Crippen LogP contribution is 2.33. The van der Waals surface area contributed by atoms with E-state index in [4.69, 9.17) is 10.5 Å². The van der Waals surface area contributed by atoms with Crippen LogP contribution in [0, 0.1) is 0 Å². The quantitative estimate of drug-likeness (QED) is 0.874. The van der Waals surface area contributed by atoms with Gasteiger partial charge < -0.3 is 15.0 Å². The highest BCUT2D eigenvalue weighted by atomic mass is 16.5. The largest absolute Gasteiger partial charge is 0.470 e. The smallest absolute Gasteiger partial charge is 0.313 e. The first-order chi connectivity index (χ1) is 8.74. The fraction of sp³-hybridized carbons (Fsp3) is 0.692. The monoisotopic (exact) mass is 249 g/mol. The van der Waals surface area contributed by atoms with Crippen LogP contribution in [-0.2, 0) is 0 Å².